The highest BCUT2D eigenvalue weighted by atomic mass is 32.2. The Morgan fingerprint density at radius 3 is 2.41 bits per heavy atom. The molecule has 0 aromatic heterocycles. The lowest BCUT2D eigenvalue weighted by molar-refractivity contribution is 0.403. The molecule has 29 heavy (non-hydrogen) atoms. The van der Waals surface area contributed by atoms with Crippen molar-refractivity contribution in [2.45, 2.75) is 4.90 Å². The van der Waals surface area contributed by atoms with Gasteiger partial charge >= 0.3 is 0 Å². The molecule has 3 aromatic carbocycles. The summed E-state index contributed by atoms with van der Waals surface area (Å²) in [7, 11) is 3.20. The molecule has 1 unspecified atom stereocenters. The Morgan fingerprint density at radius 1 is 0.897 bits per heavy atom. The lowest BCUT2D eigenvalue weighted by atomic mass is 10.1. The van der Waals surface area contributed by atoms with Crippen molar-refractivity contribution in [2.75, 3.05) is 37.3 Å². The number of ether oxygens (including phenoxy) is 2. The molecule has 152 valence electrons. The molecule has 0 heterocycles. The van der Waals surface area contributed by atoms with Gasteiger partial charge in [-0.1, -0.05) is 24.3 Å². The van der Waals surface area contributed by atoms with E-state index >= 15 is 0 Å². The van der Waals surface area contributed by atoms with Crippen LogP contribution in [0.3, 0.4) is 0 Å². The topological polar surface area (TPSA) is 91.6 Å². The summed E-state index contributed by atoms with van der Waals surface area (Å²) in [6.07, 6.45) is 0. The zero-order chi connectivity index (χ0) is 20.6. The molecule has 7 heteroatoms. The summed E-state index contributed by atoms with van der Waals surface area (Å²) < 4.78 is 26.9. The van der Waals surface area contributed by atoms with E-state index < -0.39 is 11.4 Å². The second-order valence-electron chi connectivity index (χ2n) is 6.26. The van der Waals surface area contributed by atoms with Crippen LogP contribution in [0.25, 0.3) is 11.1 Å². The smallest absolute Gasteiger partial charge is 0.222 e. The molecule has 0 amide bonds. The zero-order valence-corrected chi connectivity index (χ0v) is 17.3. The highest BCUT2D eigenvalue weighted by molar-refractivity contribution is 7.92. The lowest BCUT2D eigenvalue weighted by Crippen LogP contribution is -2.15. The Labute approximate surface area is 174 Å². The molecule has 4 N–H and O–H groups in total. The summed E-state index contributed by atoms with van der Waals surface area (Å²) >= 11 is -1.51. The molecule has 0 aliphatic heterocycles. The van der Waals surface area contributed by atoms with Crippen molar-refractivity contribution >= 4 is 22.7 Å². The number of rotatable bonds is 9. The molecule has 0 saturated carbocycles. The van der Waals surface area contributed by atoms with E-state index in [-0.39, 0.29) is 0 Å². The maximum absolute atomic E-state index is 13.1. The van der Waals surface area contributed by atoms with Gasteiger partial charge in [0.2, 0.25) is 4.90 Å². The van der Waals surface area contributed by atoms with E-state index in [4.69, 9.17) is 15.2 Å². The van der Waals surface area contributed by atoms with Crippen molar-refractivity contribution in [3.05, 3.63) is 66.7 Å². The number of anilines is 2. The fourth-order valence-corrected chi connectivity index (χ4v) is 3.89. The molecule has 0 aliphatic rings. The number of nitrogens with one attached hydrogen (secondary N) is 2. The summed E-state index contributed by atoms with van der Waals surface area (Å²) in [4.78, 5) is 0.563. The van der Waals surface area contributed by atoms with E-state index in [1.54, 1.807) is 14.2 Å². The molecule has 3 rings (SSSR count). The van der Waals surface area contributed by atoms with Crippen molar-refractivity contribution in [1.82, 2.24) is 0 Å². The standard InChI is InChI=1S/C22H25N3O3S/c1-27-20-8-3-5-16(13-20)17-9-10-21(28-2)22(14-17)29(26)25-19-7-4-6-18(15-19)24-12-11-23/h3-10,13-15,24-25H,11-12,23H2,1-2H3. The monoisotopic (exact) mass is 411 g/mol. The molecular weight excluding hydrogens is 386 g/mol. The maximum Gasteiger partial charge on any atom is 0.222 e. The van der Waals surface area contributed by atoms with Gasteiger partial charge in [-0.05, 0) is 47.5 Å². The second kappa shape index (κ2) is 10.1. The van der Waals surface area contributed by atoms with Gasteiger partial charge in [0, 0.05) is 24.8 Å². The van der Waals surface area contributed by atoms with Gasteiger partial charge in [0.1, 0.15) is 17.1 Å². The first-order chi connectivity index (χ1) is 14.1. The van der Waals surface area contributed by atoms with Gasteiger partial charge in [0.15, 0.2) is 5.75 Å². The van der Waals surface area contributed by atoms with E-state index in [0.717, 1.165) is 28.3 Å². The summed E-state index contributed by atoms with van der Waals surface area (Å²) in [6, 6.07) is 21.0. The highest BCUT2D eigenvalue weighted by Crippen LogP contribution is 2.32. The average molecular weight is 412 g/mol. The van der Waals surface area contributed by atoms with Crippen LogP contribution in [0.5, 0.6) is 11.5 Å². The fraction of sp³-hybridized carbons (Fsp3) is 0.182. The Bertz CT molecular complexity index is 952. The minimum atomic E-state index is -1.51. The number of nitrogens with two attached hydrogens (primary N) is 1. The van der Waals surface area contributed by atoms with E-state index in [9.17, 15) is 4.55 Å². The van der Waals surface area contributed by atoms with Gasteiger partial charge in [-0.2, -0.15) is 0 Å². The van der Waals surface area contributed by atoms with Crippen molar-refractivity contribution in [2.24, 2.45) is 5.73 Å². The van der Waals surface area contributed by atoms with Gasteiger partial charge in [0.25, 0.3) is 0 Å². The third-order valence-electron chi connectivity index (χ3n) is 4.31. The molecule has 0 bridgehead atoms. The molecule has 6 nitrogen and oxygen atoms in total. The lowest BCUT2D eigenvalue weighted by Gasteiger charge is -2.16. The van der Waals surface area contributed by atoms with Crippen LogP contribution in [0.2, 0.25) is 0 Å². The largest absolute Gasteiger partial charge is 0.588 e. The van der Waals surface area contributed by atoms with Gasteiger partial charge in [-0.3, -0.25) is 0 Å². The number of methoxy groups -OCH3 is 2. The predicted molar refractivity (Wildman–Crippen MR) is 119 cm³/mol. The van der Waals surface area contributed by atoms with Crippen LogP contribution >= 0.6 is 0 Å². The van der Waals surface area contributed by atoms with Crippen LogP contribution in [0.1, 0.15) is 0 Å². The molecular formula is C22H25N3O3S. The zero-order valence-electron chi connectivity index (χ0n) is 16.5. The molecule has 0 aliphatic carbocycles. The van der Waals surface area contributed by atoms with Crippen LogP contribution in [0, 0.1) is 0 Å². The van der Waals surface area contributed by atoms with Gasteiger partial charge in [-0.15, -0.1) is 0 Å². The minimum absolute atomic E-state index is 0.540. The summed E-state index contributed by atoms with van der Waals surface area (Å²) in [5, 5.41) is 3.21. The molecule has 0 spiro atoms. The normalized spacial score (nSPS) is 11.6. The first kappa shape index (κ1) is 20.9. The highest BCUT2D eigenvalue weighted by Gasteiger charge is 2.20. The fourth-order valence-electron chi connectivity index (χ4n) is 2.87. The quantitative estimate of drug-likeness (QED) is 0.463. The van der Waals surface area contributed by atoms with Gasteiger partial charge in [-0.25, -0.2) is 4.72 Å². The second-order valence-corrected chi connectivity index (χ2v) is 7.45. The third-order valence-corrected chi connectivity index (χ3v) is 5.45. The maximum atomic E-state index is 13.1. The van der Waals surface area contributed by atoms with Crippen molar-refractivity contribution in [3.8, 4) is 22.6 Å². The molecule has 0 fully saturated rings. The van der Waals surface area contributed by atoms with Crippen LogP contribution < -0.4 is 25.2 Å². The minimum Gasteiger partial charge on any atom is -0.588 e. The SMILES string of the molecule is COc1cccc(-c2ccc(OC)c([S+]([O-])Nc3cccc(NCCN)c3)c2)c1. The summed E-state index contributed by atoms with van der Waals surface area (Å²) in [5.74, 6) is 1.32. The van der Waals surface area contributed by atoms with E-state index in [1.165, 1.54) is 0 Å². The third kappa shape index (κ3) is 5.35. The summed E-state index contributed by atoms with van der Waals surface area (Å²) in [6.45, 7) is 1.21. The molecule has 1 atom stereocenters. The first-order valence-corrected chi connectivity index (χ1v) is 10.3. The van der Waals surface area contributed by atoms with Crippen molar-refractivity contribution in [3.63, 3.8) is 0 Å². The van der Waals surface area contributed by atoms with Crippen molar-refractivity contribution < 1.29 is 14.0 Å². The Morgan fingerprint density at radius 2 is 1.66 bits per heavy atom. The number of hydrogen-bond donors (Lipinski definition) is 3. The van der Waals surface area contributed by atoms with E-state index in [2.05, 4.69) is 10.0 Å². The Balaban J connectivity index is 1.86. The molecule has 0 radical (unpaired) electrons. The van der Waals surface area contributed by atoms with Crippen LogP contribution in [0.15, 0.2) is 71.6 Å². The number of hydrogen-bond acceptors (Lipinski definition) is 6. The van der Waals surface area contributed by atoms with Crippen molar-refractivity contribution in [1.29, 1.82) is 0 Å². The predicted octanol–water partition coefficient (Wildman–Crippen LogP) is 3.88. The van der Waals surface area contributed by atoms with E-state index in [1.807, 2.05) is 66.7 Å². The number of benzene rings is 3. The average Bonchev–Trinajstić information content (AvgIpc) is 2.77. The Kier molecular flexibility index (Phi) is 7.24. The van der Waals surface area contributed by atoms with Crippen LogP contribution in [-0.2, 0) is 11.4 Å². The molecule has 3 aromatic rings. The first-order valence-electron chi connectivity index (χ1n) is 9.19. The van der Waals surface area contributed by atoms with E-state index in [0.29, 0.717) is 23.7 Å². The summed E-state index contributed by atoms with van der Waals surface area (Å²) in [5.41, 5.74) is 9.08. The Hall–Kier alpha value is -2.87. The van der Waals surface area contributed by atoms with Gasteiger partial charge < -0.3 is 25.1 Å². The molecule has 0 saturated heterocycles. The van der Waals surface area contributed by atoms with Crippen LogP contribution in [0.4, 0.5) is 11.4 Å². The van der Waals surface area contributed by atoms with Crippen LogP contribution in [-0.4, -0.2) is 31.9 Å². The van der Waals surface area contributed by atoms with Gasteiger partial charge in [0.05, 0.1) is 19.9 Å².